The van der Waals surface area contributed by atoms with Crippen LogP contribution < -0.4 is 5.32 Å². The Labute approximate surface area is 105 Å². The van der Waals surface area contributed by atoms with Crippen LogP contribution in [0.5, 0.6) is 0 Å². The highest BCUT2D eigenvalue weighted by atomic mass is 79.9. The Morgan fingerprint density at radius 2 is 2.19 bits per heavy atom. The van der Waals surface area contributed by atoms with E-state index in [9.17, 15) is 14.9 Å². The van der Waals surface area contributed by atoms with Gasteiger partial charge in [-0.25, -0.2) is 0 Å². The van der Waals surface area contributed by atoms with Gasteiger partial charge >= 0.3 is 0 Å². The van der Waals surface area contributed by atoms with E-state index in [-0.39, 0.29) is 22.2 Å². The summed E-state index contributed by atoms with van der Waals surface area (Å²) in [6, 6.07) is 3.77. The summed E-state index contributed by atoms with van der Waals surface area (Å²) < 4.78 is 0. The first-order valence-electron chi connectivity index (χ1n) is 4.33. The first-order valence-corrected chi connectivity index (χ1v) is 5.83. The summed E-state index contributed by atoms with van der Waals surface area (Å²) in [5, 5.41) is 13.9. The molecule has 1 rings (SSSR count). The van der Waals surface area contributed by atoms with Crippen molar-refractivity contribution in [1.29, 1.82) is 0 Å². The summed E-state index contributed by atoms with van der Waals surface area (Å²) in [7, 11) is 0. The average Bonchev–Trinajstić information content (AvgIpc) is 2.24. The van der Waals surface area contributed by atoms with Crippen LogP contribution in [0, 0.1) is 10.1 Å². The highest BCUT2D eigenvalue weighted by Crippen LogP contribution is 2.20. The molecular formula is C9H8BrClN2O3. The van der Waals surface area contributed by atoms with Crippen LogP contribution in [0.3, 0.4) is 0 Å². The SMILES string of the molecule is O=C(NCCBr)c1cc(Cl)cc([N+](=O)[O-])c1. The molecule has 0 heterocycles. The molecule has 86 valence electrons. The molecule has 0 aliphatic rings. The molecule has 1 N–H and O–H groups in total. The third kappa shape index (κ3) is 3.46. The summed E-state index contributed by atoms with van der Waals surface area (Å²) in [4.78, 5) is 21.5. The molecule has 0 saturated carbocycles. The summed E-state index contributed by atoms with van der Waals surface area (Å²) in [5.41, 5.74) is -0.0170. The minimum absolute atomic E-state index is 0.165. The summed E-state index contributed by atoms with van der Waals surface area (Å²) in [6.07, 6.45) is 0. The second-order valence-electron chi connectivity index (χ2n) is 2.90. The van der Waals surface area contributed by atoms with Gasteiger partial charge in [-0.15, -0.1) is 0 Å². The topological polar surface area (TPSA) is 72.2 Å². The number of halogens is 2. The number of carbonyl (C=O) groups excluding carboxylic acids is 1. The number of benzene rings is 1. The molecule has 0 atom stereocenters. The molecule has 0 aliphatic heterocycles. The van der Waals surface area contributed by atoms with Crippen LogP contribution in [0.4, 0.5) is 5.69 Å². The van der Waals surface area contributed by atoms with E-state index in [2.05, 4.69) is 21.2 Å². The molecule has 5 nitrogen and oxygen atoms in total. The van der Waals surface area contributed by atoms with E-state index < -0.39 is 4.92 Å². The number of nitrogens with zero attached hydrogens (tertiary/aromatic N) is 1. The minimum atomic E-state index is -0.590. The van der Waals surface area contributed by atoms with E-state index in [0.717, 1.165) is 0 Å². The van der Waals surface area contributed by atoms with E-state index in [1.54, 1.807) is 0 Å². The van der Waals surface area contributed by atoms with Gasteiger partial charge in [-0.2, -0.15) is 0 Å². The second kappa shape index (κ2) is 5.81. The third-order valence-corrected chi connectivity index (χ3v) is 2.35. The van der Waals surface area contributed by atoms with E-state index in [4.69, 9.17) is 11.6 Å². The van der Waals surface area contributed by atoms with Crippen molar-refractivity contribution in [2.75, 3.05) is 11.9 Å². The van der Waals surface area contributed by atoms with Gasteiger partial charge in [0.1, 0.15) is 0 Å². The molecule has 0 aromatic heterocycles. The van der Waals surface area contributed by atoms with Crippen LogP contribution in [-0.2, 0) is 0 Å². The Balaban J connectivity index is 2.95. The molecule has 16 heavy (non-hydrogen) atoms. The minimum Gasteiger partial charge on any atom is -0.351 e. The molecule has 0 fully saturated rings. The lowest BCUT2D eigenvalue weighted by Gasteiger charge is -2.03. The predicted molar refractivity (Wildman–Crippen MR) is 64.2 cm³/mol. The average molecular weight is 308 g/mol. The molecule has 7 heteroatoms. The number of nitro groups is 1. The van der Waals surface area contributed by atoms with Crippen molar-refractivity contribution in [2.24, 2.45) is 0 Å². The predicted octanol–water partition coefficient (Wildman–Crippen LogP) is 2.37. The highest BCUT2D eigenvalue weighted by molar-refractivity contribution is 9.09. The zero-order chi connectivity index (χ0) is 12.1. The van der Waals surface area contributed by atoms with Crippen LogP contribution in [0.15, 0.2) is 18.2 Å². The van der Waals surface area contributed by atoms with Gasteiger partial charge in [-0.1, -0.05) is 27.5 Å². The van der Waals surface area contributed by atoms with E-state index >= 15 is 0 Å². The lowest BCUT2D eigenvalue weighted by molar-refractivity contribution is -0.384. The molecule has 0 radical (unpaired) electrons. The number of nitrogens with one attached hydrogen (secondary N) is 1. The normalized spacial score (nSPS) is 9.88. The third-order valence-electron chi connectivity index (χ3n) is 1.74. The Bertz CT molecular complexity index is 425. The summed E-state index contributed by atoms with van der Waals surface area (Å²) >= 11 is 8.83. The Morgan fingerprint density at radius 1 is 1.50 bits per heavy atom. The van der Waals surface area contributed by atoms with Crippen molar-refractivity contribution in [3.05, 3.63) is 38.9 Å². The molecular weight excluding hydrogens is 299 g/mol. The van der Waals surface area contributed by atoms with Gasteiger partial charge in [0.25, 0.3) is 11.6 Å². The summed E-state index contributed by atoms with van der Waals surface area (Å²) in [5.74, 6) is -0.384. The molecule has 0 saturated heterocycles. The second-order valence-corrected chi connectivity index (χ2v) is 4.13. The number of non-ortho nitro benzene ring substituents is 1. The zero-order valence-electron chi connectivity index (χ0n) is 8.07. The van der Waals surface area contributed by atoms with Crippen molar-refractivity contribution in [3.63, 3.8) is 0 Å². The van der Waals surface area contributed by atoms with Gasteiger partial charge in [0.2, 0.25) is 0 Å². The van der Waals surface area contributed by atoms with Crippen molar-refractivity contribution in [3.8, 4) is 0 Å². The largest absolute Gasteiger partial charge is 0.351 e. The van der Waals surface area contributed by atoms with Crippen LogP contribution in [0.25, 0.3) is 0 Å². The maximum atomic E-state index is 11.5. The molecule has 1 aromatic rings. The summed E-state index contributed by atoms with van der Waals surface area (Å²) in [6.45, 7) is 0.444. The van der Waals surface area contributed by atoms with Crippen LogP contribution in [-0.4, -0.2) is 22.7 Å². The Kier molecular flexibility index (Phi) is 4.70. The van der Waals surface area contributed by atoms with Gasteiger partial charge in [0.05, 0.1) is 4.92 Å². The quantitative estimate of drug-likeness (QED) is 0.527. The van der Waals surface area contributed by atoms with Gasteiger partial charge in [0, 0.05) is 34.6 Å². The van der Waals surface area contributed by atoms with Gasteiger partial charge < -0.3 is 5.32 Å². The van der Waals surface area contributed by atoms with E-state index in [1.165, 1.54) is 18.2 Å². The van der Waals surface area contributed by atoms with Gasteiger partial charge in [-0.3, -0.25) is 14.9 Å². The number of rotatable bonds is 4. The zero-order valence-corrected chi connectivity index (χ0v) is 10.4. The molecule has 1 aromatic carbocycles. The fraction of sp³-hybridized carbons (Fsp3) is 0.222. The van der Waals surface area contributed by atoms with E-state index in [0.29, 0.717) is 11.9 Å². The van der Waals surface area contributed by atoms with Crippen LogP contribution in [0.2, 0.25) is 5.02 Å². The Hall–Kier alpha value is -1.14. The van der Waals surface area contributed by atoms with Crippen LogP contribution >= 0.6 is 27.5 Å². The molecule has 1 amide bonds. The maximum Gasteiger partial charge on any atom is 0.271 e. The lowest BCUT2D eigenvalue weighted by atomic mass is 10.2. The number of alkyl halides is 1. The standard InChI is InChI=1S/C9H8BrClN2O3/c10-1-2-12-9(14)6-3-7(11)5-8(4-6)13(15)16/h3-5H,1-2H2,(H,12,14). The molecule has 0 spiro atoms. The highest BCUT2D eigenvalue weighted by Gasteiger charge is 2.13. The van der Waals surface area contributed by atoms with Crippen molar-refractivity contribution < 1.29 is 9.72 Å². The van der Waals surface area contributed by atoms with Crippen molar-refractivity contribution in [2.45, 2.75) is 0 Å². The van der Waals surface area contributed by atoms with Gasteiger partial charge in [-0.05, 0) is 6.07 Å². The molecule has 0 unspecified atom stereocenters. The number of nitro benzene ring substituents is 1. The van der Waals surface area contributed by atoms with Crippen molar-refractivity contribution in [1.82, 2.24) is 5.32 Å². The fourth-order valence-corrected chi connectivity index (χ4v) is 1.50. The smallest absolute Gasteiger partial charge is 0.271 e. The van der Waals surface area contributed by atoms with Crippen molar-refractivity contribution >= 4 is 39.1 Å². The van der Waals surface area contributed by atoms with Crippen LogP contribution in [0.1, 0.15) is 10.4 Å². The number of amides is 1. The monoisotopic (exact) mass is 306 g/mol. The first kappa shape index (κ1) is 12.9. The maximum absolute atomic E-state index is 11.5. The fourth-order valence-electron chi connectivity index (χ4n) is 1.07. The van der Waals surface area contributed by atoms with Gasteiger partial charge in [0.15, 0.2) is 0 Å². The number of hydrogen-bond acceptors (Lipinski definition) is 3. The molecule has 0 aliphatic carbocycles. The Morgan fingerprint density at radius 3 is 2.75 bits per heavy atom. The first-order chi connectivity index (χ1) is 7.54. The van der Waals surface area contributed by atoms with E-state index in [1.807, 2.05) is 0 Å². The number of carbonyl (C=O) groups is 1. The molecule has 0 bridgehead atoms. The lowest BCUT2D eigenvalue weighted by Crippen LogP contribution is -2.25. The number of hydrogen-bond donors (Lipinski definition) is 1.